The van der Waals surface area contributed by atoms with Crippen LogP contribution in [0.5, 0.6) is 0 Å². The summed E-state index contributed by atoms with van der Waals surface area (Å²) in [6.07, 6.45) is 7.63. The van der Waals surface area contributed by atoms with Gasteiger partial charge in [0.15, 0.2) is 0 Å². The third-order valence-corrected chi connectivity index (χ3v) is 4.90. The topological polar surface area (TPSA) is 42.4 Å². The zero-order valence-corrected chi connectivity index (χ0v) is 14.0. The van der Waals surface area contributed by atoms with E-state index in [1.807, 2.05) is 6.92 Å². The highest BCUT2D eigenvalue weighted by Gasteiger charge is 2.30. The van der Waals surface area contributed by atoms with Crippen molar-refractivity contribution in [3.8, 4) is 0 Å². The van der Waals surface area contributed by atoms with Crippen molar-refractivity contribution < 1.29 is 4.42 Å². The zero-order valence-electron chi connectivity index (χ0n) is 14.0. The molecule has 0 saturated carbocycles. The first-order valence-electron chi connectivity index (χ1n) is 8.71. The predicted octanol–water partition coefficient (Wildman–Crippen LogP) is 4.27. The monoisotopic (exact) mass is 292 g/mol. The molecular weight excluding hydrogens is 260 g/mol. The van der Waals surface area contributed by atoms with Crippen molar-refractivity contribution >= 4 is 0 Å². The van der Waals surface area contributed by atoms with E-state index in [1.165, 1.54) is 32.1 Å². The summed E-state index contributed by atoms with van der Waals surface area (Å²) in [6, 6.07) is 4.56. The van der Waals surface area contributed by atoms with Crippen molar-refractivity contribution in [2.24, 2.45) is 11.7 Å². The van der Waals surface area contributed by atoms with Crippen LogP contribution in [-0.4, -0.2) is 24.0 Å². The summed E-state index contributed by atoms with van der Waals surface area (Å²) >= 11 is 0. The molecule has 0 aliphatic carbocycles. The largest absolute Gasteiger partial charge is 0.465 e. The van der Waals surface area contributed by atoms with Gasteiger partial charge in [-0.1, -0.05) is 26.7 Å². The predicted molar refractivity (Wildman–Crippen MR) is 88.3 cm³/mol. The van der Waals surface area contributed by atoms with E-state index in [2.05, 4.69) is 30.9 Å². The maximum absolute atomic E-state index is 6.43. The summed E-state index contributed by atoms with van der Waals surface area (Å²) < 4.78 is 5.92. The van der Waals surface area contributed by atoms with Crippen LogP contribution in [-0.2, 0) is 0 Å². The van der Waals surface area contributed by atoms with E-state index in [9.17, 15) is 0 Å². The lowest BCUT2D eigenvalue weighted by atomic mass is 9.96. The van der Waals surface area contributed by atoms with Gasteiger partial charge in [-0.2, -0.15) is 0 Å². The van der Waals surface area contributed by atoms with Gasteiger partial charge in [-0.15, -0.1) is 0 Å². The lowest BCUT2D eigenvalue weighted by Gasteiger charge is -2.33. The first kappa shape index (κ1) is 16.6. The summed E-state index contributed by atoms with van der Waals surface area (Å²) in [6.45, 7) is 8.79. The fraction of sp³-hybridized carbons (Fsp3) is 0.778. The number of likely N-dealkylation sites (tertiary alicyclic amines) is 1. The Morgan fingerprint density at radius 3 is 2.71 bits per heavy atom. The molecule has 2 heterocycles. The van der Waals surface area contributed by atoms with Gasteiger partial charge in [0, 0.05) is 6.04 Å². The van der Waals surface area contributed by atoms with Gasteiger partial charge in [-0.25, -0.2) is 0 Å². The molecule has 1 saturated heterocycles. The Hall–Kier alpha value is -0.800. The number of hydrogen-bond donors (Lipinski definition) is 1. The third kappa shape index (κ3) is 4.33. The molecule has 1 aliphatic heterocycles. The molecule has 21 heavy (non-hydrogen) atoms. The molecule has 1 aromatic heterocycles. The van der Waals surface area contributed by atoms with Crippen LogP contribution in [0.3, 0.4) is 0 Å². The Balaban J connectivity index is 2.10. The second-order valence-corrected chi connectivity index (χ2v) is 6.59. The minimum atomic E-state index is 0.151. The molecule has 2 N–H and O–H groups in total. The Morgan fingerprint density at radius 1 is 1.29 bits per heavy atom. The highest BCUT2D eigenvalue weighted by molar-refractivity contribution is 5.12. The molecule has 3 unspecified atom stereocenters. The maximum Gasteiger partial charge on any atom is 0.122 e. The average molecular weight is 292 g/mol. The van der Waals surface area contributed by atoms with E-state index in [-0.39, 0.29) is 12.1 Å². The van der Waals surface area contributed by atoms with Crippen LogP contribution >= 0.6 is 0 Å². The molecule has 3 atom stereocenters. The van der Waals surface area contributed by atoms with Gasteiger partial charge in [-0.05, 0) is 63.7 Å². The Kier molecular flexibility index (Phi) is 6.31. The number of rotatable bonds is 6. The minimum Gasteiger partial charge on any atom is -0.465 e. The fourth-order valence-corrected chi connectivity index (χ4v) is 3.66. The molecule has 2 rings (SSSR count). The molecule has 1 fully saturated rings. The Labute approximate surface area is 129 Å². The van der Waals surface area contributed by atoms with Crippen LogP contribution in [0.4, 0.5) is 0 Å². The molecule has 0 radical (unpaired) electrons. The van der Waals surface area contributed by atoms with Crippen LogP contribution in [0, 0.1) is 12.8 Å². The quantitative estimate of drug-likeness (QED) is 0.851. The van der Waals surface area contributed by atoms with Crippen molar-refractivity contribution in [1.29, 1.82) is 0 Å². The molecule has 1 aliphatic rings. The number of aryl methyl sites for hydroxylation is 1. The maximum atomic E-state index is 6.43. The van der Waals surface area contributed by atoms with E-state index in [0.29, 0.717) is 0 Å². The molecule has 3 nitrogen and oxygen atoms in total. The van der Waals surface area contributed by atoms with E-state index in [0.717, 1.165) is 36.9 Å². The summed E-state index contributed by atoms with van der Waals surface area (Å²) in [7, 11) is 0. The number of furan rings is 1. The fourth-order valence-electron chi connectivity index (χ4n) is 3.66. The highest BCUT2D eigenvalue weighted by atomic mass is 16.3. The first-order valence-corrected chi connectivity index (χ1v) is 8.71. The van der Waals surface area contributed by atoms with Crippen molar-refractivity contribution in [2.45, 2.75) is 71.4 Å². The summed E-state index contributed by atoms with van der Waals surface area (Å²) in [5, 5.41) is 0. The molecule has 120 valence electrons. The smallest absolute Gasteiger partial charge is 0.122 e. The summed E-state index contributed by atoms with van der Waals surface area (Å²) in [5.41, 5.74) is 6.43. The van der Waals surface area contributed by atoms with Crippen LogP contribution in [0.15, 0.2) is 16.5 Å². The lowest BCUT2D eigenvalue weighted by molar-refractivity contribution is 0.150. The van der Waals surface area contributed by atoms with E-state index in [4.69, 9.17) is 10.2 Å². The van der Waals surface area contributed by atoms with Gasteiger partial charge < -0.3 is 10.2 Å². The minimum absolute atomic E-state index is 0.151. The van der Waals surface area contributed by atoms with Gasteiger partial charge in [0.25, 0.3) is 0 Å². The average Bonchev–Trinajstić information content (AvgIpc) is 2.76. The SMILES string of the molecule is CCCC1CCCN(C(c2ccc(C)o2)C(N)CC)CC1. The summed E-state index contributed by atoms with van der Waals surface area (Å²) in [5.74, 6) is 2.93. The molecule has 0 aromatic carbocycles. The molecule has 0 bridgehead atoms. The standard InChI is InChI=1S/C18H32N2O/c1-4-7-15-8-6-12-20(13-11-15)18(16(19)5-2)17-10-9-14(3)21-17/h9-10,15-16,18H,4-8,11-13,19H2,1-3H3. The zero-order chi connectivity index (χ0) is 15.2. The van der Waals surface area contributed by atoms with Crippen LogP contribution in [0.1, 0.15) is 69.9 Å². The second-order valence-electron chi connectivity index (χ2n) is 6.59. The molecule has 0 spiro atoms. The van der Waals surface area contributed by atoms with Crippen molar-refractivity contribution in [3.63, 3.8) is 0 Å². The number of hydrogen-bond acceptors (Lipinski definition) is 3. The van der Waals surface area contributed by atoms with E-state index in [1.54, 1.807) is 0 Å². The van der Waals surface area contributed by atoms with E-state index < -0.39 is 0 Å². The van der Waals surface area contributed by atoms with Gasteiger partial charge in [0.05, 0.1) is 6.04 Å². The van der Waals surface area contributed by atoms with Crippen LogP contribution in [0.25, 0.3) is 0 Å². The second kappa shape index (κ2) is 8.00. The molecule has 0 amide bonds. The van der Waals surface area contributed by atoms with Gasteiger partial charge in [0.2, 0.25) is 0 Å². The number of nitrogens with zero attached hydrogens (tertiary/aromatic N) is 1. The summed E-state index contributed by atoms with van der Waals surface area (Å²) in [4.78, 5) is 2.57. The van der Waals surface area contributed by atoms with E-state index >= 15 is 0 Å². The number of nitrogens with two attached hydrogens (primary N) is 1. The van der Waals surface area contributed by atoms with Crippen molar-refractivity contribution in [1.82, 2.24) is 4.90 Å². The highest BCUT2D eigenvalue weighted by Crippen LogP contribution is 2.31. The Morgan fingerprint density at radius 2 is 2.10 bits per heavy atom. The molecule has 1 aromatic rings. The third-order valence-electron chi connectivity index (χ3n) is 4.90. The lowest BCUT2D eigenvalue weighted by Crippen LogP contribution is -2.41. The van der Waals surface area contributed by atoms with Crippen LogP contribution < -0.4 is 5.73 Å². The van der Waals surface area contributed by atoms with Gasteiger partial charge >= 0.3 is 0 Å². The van der Waals surface area contributed by atoms with Crippen molar-refractivity contribution in [2.75, 3.05) is 13.1 Å². The van der Waals surface area contributed by atoms with Gasteiger partial charge in [0.1, 0.15) is 11.5 Å². The molecular formula is C18H32N2O. The first-order chi connectivity index (χ1) is 10.2. The molecule has 3 heteroatoms. The Bertz CT molecular complexity index is 415. The van der Waals surface area contributed by atoms with Crippen molar-refractivity contribution in [3.05, 3.63) is 23.7 Å². The van der Waals surface area contributed by atoms with Crippen LogP contribution in [0.2, 0.25) is 0 Å². The normalized spacial score (nSPS) is 23.7. The van der Waals surface area contributed by atoms with Gasteiger partial charge in [-0.3, -0.25) is 4.90 Å².